The van der Waals surface area contributed by atoms with E-state index < -0.39 is 11.7 Å². The quantitative estimate of drug-likeness (QED) is 0.454. The summed E-state index contributed by atoms with van der Waals surface area (Å²) in [4.78, 5) is 22.7. The molecule has 4 rings (SSSR count). The van der Waals surface area contributed by atoms with E-state index in [2.05, 4.69) is 41.1 Å². The van der Waals surface area contributed by atoms with Crippen LogP contribution in [-0.4, -0.2) is 60.4 Å². The van der Waals surface area contributed by atoms with Crippen LogP contribution in [0.15, 0.2) is 42.5 Å². The van der Waals surface area contributed by atoms with Gasteiger partial charge in [-0.1, -0.05) is 32.0 Å². The lowest BCUT2D eigenvalue weighted by atomic mass is 9.72. The Morgan fingerprint density at radius 2 is 2.11 bits per heavy atom. The van der Waals surface area contributed by atoms with Crippen molar-refractivity contribution in [1.29, 1.82) is 0 Å². The summed E-state index contributed by atoms with van der Waals surface area (Å²) in [6.07, 6.45) is 1.92. The molecule has 188 valence electrons. The van der Waals surface area contributed by atoms with Gasteiger partial charge in [0.05, 0.1) is 11.0 Å². The zero-order valence-corrected chi connectivity index (χ0v) is 20.9. The molecule has 0 fully saturated rings. The summed E-state index contributed by atoms with van der Waals surface area (Å²) < 4.78 is 25.9. The molecule has 2 atom stereocenters. The number of amides is 1. The number of aromatic amines is 1. The predicted octanol–water partition coefficient (Wildman–Crippen LogP) is 4.88. The molecule has 1 amide bonds. The molecule has 2 aromatic carbocycles. The van der Waals surface area contributed by atoms with E-state index in [-0.39, 0.29) is 24.3 Å². The maximum absolute atomic E-state index is 13.8. The SMILES string of the molecule is CNC(=O)O[C@@]1(CCN(C)CCCc2nc3ccccc3[nH]2)COc2cc(F)ccc2[C@@H]1C(C)C. The molecule has 2 N–H and O–H groups in total. The molecule has 7 nitrogen and oxygen atoms in total. The fraction of sp³-hybridized carbons (Fsp3) is 0.481. The highest BCUT2D eigenvalue weighted by Crippen LogP contribution is 2.47. The van der Waals surface area contributed by atoms with Crippen LogP contribution in [0.2, 0.25) is 0 Å². The van der Waals surface area contributed by atoms with Gasteiger partial charge < -0.3 is 24.7 Å². The molecule has 0 bridgehead atoms. The van der Waals surface area contributed by atoms with Crippen molar-refractivity contribution >= 4 is 17.1 Å². The average molecular weight is 483 g/mol. The van der Waals surface area contributed by atoms with Gasteiger partial charge in [-0.25, -0.2) is 14.2 Å². The van der Waals surface area contributed by atoms with Crippen molar-refractivity contribution in [3.63, 3.8) is 0 Å². The van der Waals surface area contributed by atoms with Crippen molar-refractivity contribution < 1.29 is 18.7 Å². The molecule has 0 aliphatic carbocycles. The van der Waals surface area contributed by atoms with Crippen molar-refractivity contribution in [1.82, 2.24) is 20.2 Å². The second kappa shape index (κ2) is 10.6. The Kier molecular flexibility index (Phi) is 7.60. The van der Waals surface area contributed by atoms with Gasteiger partial charge in [0.15, 0.2) is 5.60 Å². The van der Waals surface area contributed by atoms with Crippen molar-refractivity contribution in [3.8, 4) is 5.75 Å². The summed E-state index contributed by atoms with van der Waals surface area (Å²) >= 11 is 0. The molecule has 35 heavy (non-hydrogen) atoms. The van der Waals surface area contributed by atoms with Crippen LogP contribution in [0.25, 0.3) is 11.0 Å². The van der Waals surface area contributed by atoms with E-state index in [1.807, 2.05) is 24.3 Å². The number of H-pyrrole nitrogens is 1. The van der Waals surface area contributed by atoms with Crippen LogP contribution in [0.3, 0.4) is 0 Å². The number of carbonyl (C=O) groups is 1. The molecule has 1 aliphatic heterocycles. The third-order valence-corrected chi connectivity index (χ3v) is 6.82. The predicted molar refractivity (Wildman–Crippen MR) is 134 cm³/mol. The number of hydrogen-bond donors (Lipinski definition) is 2. The van der Waals surface area contributed by atoms with Gasteiger partial charge in [0, 0.05) is 44.0 Å². The Morgan fingerprint density at radius 1 is 1.31 bits per heavy atom. The first-order valence-corrected chi connectivity index (χ1v) is 12.3. The number of benzene rings is 2. The average Bonchev–Trinajstić information content (AvgIpc) is 3.25. The molecular weight excluding hydrogens is 447 g/mol. The summed E-state index contributed by atoms with van der Waals surface area (Å²) in [7, 11) is 3.63. The minimum absolute atomic E-state index is 0.118. The highest BCUT2D eigenvalue weighted by Gasteiger charge is 2.49. The largest absolute Gasteiger partial charge is 0.489 e. The standard InChI is InChI=1S/C27H35FN4O3/c1-18(2)25-20-12-11-19(28)16-23(20)34-17-27(25,35-26(33)29-3)13-15-32(4)14-7-10-24-30-21-8-5-6-9-22(21)31-24/h5-6,8-9,11-12,16,18,25H,7,10,13-15,17H2,1-4H3,(H,29,33)(H,30,31)/t25-,27-/m0/s1. The van der Waals surface area contributed by atoms with Gasteiger partial charge in [0.2, 0.25) is 0 Å². The number of nitrogens with one attached hydrogen (secondary N) is 2. The zero-order valence-electron chi connectivity index (χ0n) is 20.9. The lowest BCUT2D eigenvalue weighted by molar-refractivity contribution is -0.0724. The summed E-state index contributed by atoms with van der Waals surface area (Å²) in [5.41, 5.74) is 2.07. The number of aryl methyl sites for hydroxylation is 1. The minimum atomic E-state index is -0.855. The molecular formula is C27H35FN4O3. The van der Waals surface area contributed by atoms with Gasteiger partial charge >= 0.3 is 6.09 Å². The number of ether oxygens (including phenoxy) is 2. The van der Waals surface area contributed by atoms with Crippen molar-refractivity contribution in [2.45, 2.75) is 44.6 Å². The second-order valence-electron chi connectivity index (χ2n) is 9.75. The molecule has 2 heterocycles. The smallest absolute Gasteiger partial charge is 0.407 e. The fourth-order valence-corrected chi connectivity index (χ4v) is 5.17. The van der Waals surface area contributed by atoms with Crippen LogP contribution >= 0.6 is 0 Å². The zero-order chi connectivity index (χ0) is 25.0. The Balaban J connectivity index is 1.43. The Morgan fingerprint density at radius 3 is 2.86 bits per heavy atom. The second-order valence-corrected chi connectivity index (χ2v) is 9.75. The Hall–Kier alpha value is -3.13. The number of halogens is 1. The lowest BCUT2D eigenvalue weighted by Crippen LogP contribution is -2.53. The van der Waals surface area contributed by atoms with Crippen LogP contribution < -0.4 is 10.1 Å². The van der Waals surface area contributed by atoms with E-state index in [0.29, 0.717) is 12.2 Å². The number of carbonyl (C=O) groups excluding carboxylic acids is 1. The molecule has 1 aliphatic rings. The molecule has 8 heteroatoms. The maximum atomic E-state index is 13.8. The van der Waals surface area contributed by atoms with Gasteiger partial charge in [-0.3, -0.25) is 0 Å². The highest BCUT2D eigenvalue weighted by atomic mass is 19.1. The molecule has 0 radical (unpaired) electrons. The Labute approximate surface area is 206 Å². The number of hydrogen-bond acceptors (Lipinski definition) is 5. The van der Waals surface area contributed by atoms with Crippen LogP contribution in [0, 0.1) is 11.7 Å². The van der Waals surface area contributed by atoms with E-state index >= 15 is 0 Å². The maximum Gasteiger partial charge on any atom is 0.407 e. The number of para-hydroxylation sites is 2. The van der Waals surface area contributed by atoms with Crippen LogP contribution in [0.5, 0.6) is 5.75 Å². The lowest BCUT2D eigenvalue weighted by Gasteiger charge is -2.46. The molecule has 0 saturated carbocycles. The van der Waals surface area contributed by atoms with E-state index in [1.165, 1.54) is 12.1 Å². The number of rotatable bonds is 9. The van der Waals surface area contributed by atoms with Crippen molar-refractivity contribution in [3.05, 3.63) is 59.7 Å². The molecule has 0 saturated heterocycles. The Bertz CT molecular complexity index is 1130. The van der Waals surface area contributed by atoms with E-state index in [0.717, 1.165) is 48.4 Å². The van der Waals surface area contributed by atoms with Gasteiger partial charge in [-0.05, 0) is 44.1 Å². The number of aromatic nitrogens is 2. The first-order chi connectivity index (χ1) is 16.8. The monoisotopic (exact) mass is 482 g/mol. The topological polar surface area (TPSA) is 79.5 Å². The van der Waals surface area contributed by atoms with Gasteiger partial charge in [-0.15, -0.1) is 0 Å². The van der Waals surface area contributed by atoms with Crippen molar-refractivity contribution in [2.24, 2.45) is 5.92 Å². The summed E-state index contributed by atoms with van der Waals surface area (Å²) in [6, 6.07) is 12.7. The summed E-state index contributed by atoms with van der Waals surface area (Å²) in [5.74, 6) is 1.22. The number of fused-ring (bicyclic) bond motifs is 2. The summed E-state index contributed by atoms with van der Waals surface area (Å²) in [6.45, 7) is 5.99. The van der Waals surface area contributed by atoms with Gasteiger partial charge in [0.25, 0.3) is 0 Å². The van der Waals surface area contributed by atoms with E-state index in [9.17, 15) is 9.18 Å². The van der Waals surface area contributed by atoms with Crippen LogP contribution in [0.1, 0.15) is 44.0 Å². The normalized spacial score (nSPS) is 19.6. The van der Waals surface area contributed by atoms with Gasteiger partial charge in [-0.2, -0.15) is 0 Å². The van der Waals surface area contributed by atoms with Crippen LogP contribution in [0.4, 0.5) is 9.18 Å². The first-order valence-electron chi connectivity index (χ1n) is 12.3. The van der Waals surface area contributed by atoms with Crippen molar-refractivity contribution in [2.75, 3.05) is 33.8 Å². The third kappa shape index (κ3) is 5.59. The molecule has 1 aromatic heterocycles. The van der Waals surface area contributed by atoms with Crippen LogP contribution in [-0.2, 0) is 11.2 Å². The fourth-order valence-electron chi connectivity index (χ4n) is 5.17. The molecule has 3 aromatic rings. The number of alkyl carbamates (subject to hydrolysis) is 1. The van der Waals surface area contributed by atoms with E-state index in [4.69, 9.17) is 9.47 Å². The third-order valence-electron chi connectivity index (χ3n) is 6.82. The number of nitrogens with zero attached hydrogens (tertiary/aromatic N) is 2. The first kappa shape index (κ1) is 25.0. The summed E-state index contributed by atoms with van der Waals surface area (Å²) in [5, 5.41) is 2.58. The molecule has 0 unspecified atom stereocenters. The van der Waals surface area contributed by atoms with E-state index in [1.54, 1.807) is 13.1 Å². The molecule has 0 spiro atoms. The van der Waals surface area contributed by atoms with Gasteiger partial charge in [0.1, 0.15) is 24.0 Å². The minimum Gasteiger partial charge on any atom is -0.489 e. The number of imidazole rings is 1. The highest BCUT2D eigenvalue weighted by molar-refractivity contribution is 5.74.